The van der Waals surface area contributed by atoms with Crippen LogP contribution in [0.1, 0.15) is 23.3 Å². The molecule has 0 amide bonds. The summed E-state index contributed by atoms with van der Waals surface area (Å²) >= 11 is 0. The van der Waals surface area contributed by atoms with Gasteiger partial charge in [0.1, 0.15) is 0 Å². The Morgan fingerprint density at radius 1 is 1.54 bits per heavy atom. The van der Waals surface area contributed by atoms with Crippen LogP contribution in [0.4, 0.5) is 0 Å². The maximum absolute atomic E-state index is 10.5. The van der Waals surface area contributed by atoms with Crippen LogP contribution in [0.25, 0.3) is 0 Å². The highest BCUT2D eigenvalue weighted by molar-refractivity contribution is 5.72. The molecular formula is C10H15NO2. The number of rotatable bonds is 6. The number of aldehydes is 1. The van der Waals surface area contributed by atoms with Crippen molar-refractivity contribution in [2.75, 3.05) is 13.7 Å². The number of unbranched alkanes of at least 4 members (excludes halogenated alkanes) is 1. The number of hydrogen-bond acceptors (Lipinski definition) is 2. The number of nitrogens with zero attached hydrogens (tertiary/aromatic N) is 1. The lowest BCUT2D eigenvalue weighted by Gasteiger charge is -2.04. The van der Waals surface area contributed by atoms with E-state index in [1.54, 1.807) is 7.11 Å². The summed E-state index contributed by atoms with van der Waals surface area (Å²) in [6.45, 7) is 1.68. The molecular weight excluding hydrogens is 166 g/mol. The maximum Gasteiger partial charge on any atom is 0.166 e. The van der Waals surface area contributed by atoms with Gasteiger partial charge < -0.3 is 9.30 Å². The molecule has 0 aliphatic heterocycles. The quantitative estimate of drug-likeness (QED) is 0.494. The van der Waals surface area contributed by atoms with Gasteiger partial charge in [-0.25, -0.2) is 0 Å². The molecule has 0 unspecified atom stereocenters. The zero-order valence-electron chi connectivity index (χ0n) is 7.90. The molecule has 0 aromatic carbocycles. The minimum Gasteiger partial charge on any atom is -0.385 e. The van der Waals surface area contributed by atoms with E-state index in [9.17, 15) is 4.79 Å². The van der Waals surface area contributed by atoms with Crippen molar-refractivity contribution < 1.29 is 9.53 Å². The number of carbonyl (C=O) groups is 1. The average Bonchev–Trinajstić information content (AvgIpc) is 2.60. The summed E-state index contributed by atoms with van der Waals surface area (Å²) in [7, 11) is 1.70. The zero-order chi connectivity index (χ0) is 9.52. The van der Waals surface area contributed by atoms with E-state index < -0.39 is 0 Å². The maximum atomic E-state index is 10.5. The van der Waals surface area contributed by atoms with E-state index in [1.165, 1.54) is 0 Å². The molecule has 0 fully saturated rings. The highest BCUT2D eigenvalue weighted by Gasteiger charge is 1.97. The number of aromatic nitrogens is 1. The van der Waals surface area contributed by atoms with E-state index >= 15 is 0 Å². The standard InChI is InChI=1S/C10H15NO2/c1-13-8-3-2-6-11-7-4-5-10(11)9-12/h4-5,7,9H,2-3,6,8H2,1H3. The average molecular weight is 181 g/mol. The highest BCUT2D eigenvalue weighted by atomic mass is 16.5. The van der Waals surface area contributed by atoms with Crippen LogP contribution in [0.2, 0.25) is 0 Å². The van der Waals surface area contributed by atoms with Crippen molar-refractivity contribution in [3.05, 3.63) is 24.0 Å². The number of ether oxygens (including phenoxy) is 1. The second-order valence-corrected chi connectivity index (χ2v) is 2.94. The molecule has 1 aromatic heterocycles. The molecule has 0 spiro atoms. The molecule has 0 N–H and O–H groups in total. The minimum atomic E-state index is 0.748. The minimum absolute atomic E-state index is 0.748. The SMILES string of the molecule is COCCCCn1cccc1C=O. The van der Waals surface area contributed by atoms with E-state index in [1.807, 2.05) is 22.9 Å². The second-order valence-electron chi connectivity index (χ2n) is 2.94. The van der Waals surface area contributed by atoms with Crippen LogP contribution in [0.15, 0.2) is 18.3 Å². The Hall–Kier alpha value is -1.09. The van der Waals surface area contributed by atoms with Crippen molar-refractivity contribution in [2.24, 2.45) is 0 Å². The molecule has 0 atom stereocenters. The van der Waals surface area contributed by atoms with Gasteiger partial charge in [-0.1, -0.05) is 0 Å². The van der Waals surface area contributed by atoms with Crippen LogP contribution >= 0.6 is 0 Å². The third kappa shape index (κ3) is 3.03. The van der Waals surface area contributed by atoms with Crippen molar-refractivity contribution in [1.82, 2.24) is 4.57 Å². The van der Waals surface area contributed by atoms with Gasteiger partial charge in [-0.05, 0) is 25.0 Å². The van der Waals surface area contributed by atoms with Crippen molar-refractivity contribution >= 4 is 6.29 Å². The van der Waals surface area contributed by atoms with E-state index in [-0.39, 0.29) is 0 Å². The van der Waals surface area contributed by atoms with Crippen LogP contribution in [0.3, 0.4) is 0 Å². The molecule has 1 aromatic rings. The Bertz CT molecular complexity index is 255. The number of hydrogen-bond donors (Lipinski definition) is 0. The van der Waals surface area contributed by atoms with Gasteiger partial charge >= 0.3 is 0 Å². The fourth-order valence-corrected chi connectivity index (χ4v) is 1.27. The molecule has 0 saturated heterocycles. The summed E-state index contributed by atoms with van der Waals surface area (Å²) in [5, 5.41) is 0. The van der Waals surface area contributed by atoms with Crippen molar-refractivity contribution in [1.29, 1.82) is 0 Å². The molecule has 0 aliphatic rings. The summed E-state index contributed by atoms with van der Waals surface area (Å²) in [6, 6.07) is 3.71. The van der Waals surface area contributed by atoms with Gasteiger partial charge in [0.15, 0.2) is 6.29 Å². The topological polar surface area (TPSA) is 31.2 Å². The van der Waals surface area contributed by atoms with Crippen molar-refractivity contribution in [3.8, 4) is 0 Å². The van der Waals surface area contributed by atoms with Gasteiger partial charge in [-0.15, -0.1) is 0 Å². The molecule has 1 rings (SSSR count). The molecule has 3 heteroatoms. The Morgan fingerprint density at radius 3 is 3.08 bits per heavy atom. The Labute approximate surface area is 78.3 Å². The fourth-order valence-electron chi connectivity index (χ4n) is 1.27. The van der Waals surface area contributed by atoms with Gasteiger partial charge in [0.05, 0.1) is 5.69 Å². The van der Waals surface area contributed by atoms with E-state index in [4.69, 9.17) is 4.74 Å². The first-order valence-corrected chi connectivity index (χ1v) is 4.47. The Morgan fingerprint density at radius 2 is 2.38 bits per heavy atom. The van der Waals surface area contributed by atoms with Crippen molar-refractivity contribution in [3.63, 3.8) is 0 Å². The van der Waals surface area contributed by atoms with Crippen LogP contribution < -0.4 is 0 Å². The molecule has 3 nitrogen and oxygen atoms in total. The Kier molecular flexibility index (Phi) is 4.26. The zero-order valence-corrected chi connectivity index (χ0v) is 7.90. The fraction of sp³-hybridized carbons (Fsp3) is 0.500. The van der Waals surface area contributed by atoms with Gasteiger partial charge in [-0.2, -0.15) is 0 Å². The molecule has 72 valence electrons. The number of methoxy groups -OCH3 is 1. The van der Waals surface area contributed by atoms with Gasteiger partial charge in [0.25, 0.3) is 0 Å². The molecule has 0 aliphatic carbocycles. The molecule has 0 bridgehead atoms. The highest BCUT2D eigenvalue weighted by Crippen LogP contribution is 2.02. The van der Waals surface area contributed by atoms with Crippen LogP contribution in [-0.4, -0.2) is 24.6 Å². The van der Waals surface area contributed by atoms with Crippen molar-refractivity contribution in [2.45, 2.75) is 19.4 Å². The summed E-state index contributed by atoms with van der Waals surface area (Å²) in [6.07, 6.45) is 4.89. The lowest BCUT2D eigenvalue weighted by atomic mass is 10.3. The van der Waals surface area contributed by atoms with Crippen LogP contribution in [0.5, 0.6) is 0 Å². The third-order valence-electron chi connectivity index (χ3n) is 1.98. The Balaban J connectivity index is 2.31. The summed E-state index contributed by atoms with van der Waals surface area (Å²) in [4.78, 5) is 10.5. The number of aryl methyl sites for hydroxylation is 1. The third-order valence-corrected chi connectivity index (χ3v) is 1.98. The molecule has 1 heterocycles. The smallest absolute Gasteiger partial charge is 0.166 e. The van der Waals surface area contributed by atoms with Crippen LogP contribution in [-0.2, 0) is 11.3 Å². The van der Waals surface area contributed by atoms with E-state index in [0.717, 1.165) is 38.0 Å². The second kappa shape index (κ2) is 5.54. The summed E-state index contributed by atoms with van der Waals surface area (Å²) in [5.41, 5.74) is 0.748. The lowest BCUT2D eigenvalue weighted by Crippen LogP contribution is -2.01. The molecule has 0 saturated carbocycles. The van der Waals surface area contributed by atoms with Gasteiger partial charge in [-0.3, -0.25) is 4.79 Å². The first-order chi connectivity index (χ1) is 6.38. The predicted octanol–water partition coefficient (Wildman–Crippen LogP) is 1.73. The summed E-state index contributed by atoms with van der Waals surface area (Å²) in [5.74, 6) is 0. The first-order valence-electron chi connectivity index (χ1n) is 4.47. The van der Waals surface area contributed by atoms with Crippen LogP contribution in [0, 0.1) is 0 Å². The molecule has 0 radical (unpaired) electrons. The van der Waals surface area contributed by atoms with E-state index in [0.29, 0.717) is 0 Å². The largest absolute Gasteiger partial charge is 0.385 e. The van der Waals surface area contributed by atoms with Gasteiger partial charge in [0.2, 0.25) is 0 Å². The summed E-state index contributed by atoms with van der Waals surface area (Å²) < 4.78 is 6.90. The first kappa shape index (κ1) is 9.99. The van der Waals surface area contributed by atoms with E-state index in [2.05, 4.69) is 0 Å². The van der Waals surface area contributed by atoms with Gasteiger partial charge in [0, 0.05) is 26.5 Å². The monoisotopic (exact) mass is 181 g/mol. The normalized spacial score (nSPS) is 10.2. The predicted molar refractivity (Wildman–Crippen MR) is 50.9 cm³/mol. The molecule has 13 heavy (non-hydrogen) atoms. The lowest BCUT2D eigenvalue weighted by molar-refractivity contribution is 0.111. The number of carbonyl (C=O) groups excluding carboxylic acids is 1.